The largest absolute Gasteiger partial charge is 0.275 e. The lowest BCUT2D eigenvalue weighted by atomic mass is 10.1. The molecule has 0 unspecified atom stereocenters. The standard InChI is InChI=1S/2C10H8ClNO2/c1-2-12-9(13)7-4-3-6(11)5-8(7)10(12)14;1-2-12-9(13)6-4-3-5-7(11)8(6)10(12)14/h2*3-5H,2H2,1H3. The van der Waals surface area contributed by atoms with Crippen LogP contribution in [0, 0.1) is 0 Å². The summed E-state index contributed by atoms with van der Waals surface area (Å²) in [5.74, 6) is -1.03. The van der Waals surface area contributed by atoms with Gasteiger partial charge in [0.25, 0.3) is 23.6 Å². The molecule has 0 bridgehead atoms. The maximum absolute atomic E-state index is 11.7. The van der Waals surface area contributed by atoms with Crippen molar-refractivity contribution in [3.63, 3.8) is 0 Å². The van der Waals surface area contributed by atoms with Crippen molar-refractivity contribution >= 4 is 46.8 Å². The molecule has 8 heteroatoms. The lowest BCUT2D eigenvalue weighted by Crippen LogP contribution is -2.29. The number of hydrogen-bond donors (Lipinski definition) is 0. The maximum Gasteiger partial charge on any atom is 0.263 e. The van der Waals surface area contributed by atoms with Crippen LogP contribution >= 0.6 is 23.2 Å². The molecule has 0 spiro atoms. The zero-order chi connectivity index (χ0) is 20.6. The van der Waals surface area contributed by atoms with Gasteiger partial charge in [-0.05, 0) is 44.2 Å². The summed E-state index contributed by atoms with van der Waals surface area (Å²) < 4.78 is 0. The number of rotatable bonds is 2. The molecule has 0 atom stereocenters. The average molecular weight is 419 g/mol. The third-order valence-corrected chi connectivity index (χ3v) is 5.06. The maximum atomic E-state index is 11.7. The van der Waals surface area contributed by atoms with Gasteiger partial charge in [0.1, 0.15) is 0 Å². The van der Waals surface area contributed by atoms with Crippen LogP contribution in [0.4, 0.5) is 0 Å². The van der Waals surface area contributed by atoms with E-state index in [-0.39, 0.29) is 23.6 Å². The van der Waals surface area contributed by atoms with Gasteiger partial charge in [0.05, 0.1) is 27.3 Å². The van der Waals surface area contributed by atoms with Crippen molar-refractivity contribution in [2.24, 2.45) is 0 Å². The molecule has 4 amide bonds. The first-order valence-corrected chi connectivity index (χ1v) is 9.37. The minimum absolute atomic E-state index is 0.232. The van der Waals surface area contributed by atoms with Crippen LogP contribution in [0.2, 0.25) is 10.0 Å². The van der Waals surface area contributed by atoms with Crippen molar-refractivity contribution in [3.8, 4) is 0 Å². The summed E-state index contributed by atoms with van der Waals surface area (Å²) in [5, 5.41) is 0.819. The highest BCUT2D eigenvalue weighted by molar-refractivity contribution is 6.37. The molecule has 4 rings (SSSR count). The Balaban J connectivity index is 0.000000161. The monoisotopic (exact) mass is 418 g/mol. The van der Waals surface area contributed by atoms with E-state index in [0.29, 0.717) is 45.4 Å². The summed E-state index contributed by atoms with van der Waals surface area (Å²) in [6.07, 6.45) is 0. The Kier molecular flexibility index (Phi) is 5.54. The van der Waals surface area contributed by atoms with Gasteiger partial charge in [-0.3, -0.25) is 29.0 Å². The predicted molar refractivity (Wildman–Crippen MR) is 105 cm³/mol. The number of carbonyl (C=O) groups is 4. The smallest absolute Gasteiger partial charge is 0.263 e. The van der Waals surface area contributed by atoms with E-state index in [4.69, 9.17) is 23.2 Å². The van der Waals surface area contributed by atoms with E-state index in [9.17, 15) is 19.2 Å². The number of amides is 4. The fraction of sp³-hybridized carbons (Fsp3) is 0.200. The highest BCUT2D eigenvalue weighted by atomic mass is 35.5. The van der Waals surface area contributed by atoms with Gasteiger partial charge in [-0.25, -0.2) is 0 Å². The van der Waals surface area contributed by atoms with Crippen molar-refractivity contribution in [1.82, 2.24) is 9.80 Å². The molecule has 0 aromatic heterocycles. The third-order valence-electron chi connectivity index (χ3n) is 4.51. The van der Waals surface area contributed by atoms with Crippen LogP contribution in [0.3, 0.4) is 0 Å². The number of imide groups is 2. The van der Waals surface area contributed by atoms with Crippen molar-refractivity contribution in [1.29, 1.82) is 0 Å². The van der Waals surface area contributed by atoms with Gasteiger partial charge in [-0.2, -0.15) is 0 Å². The second-order valence-corrected chi connectivity index (χ2v) is 6.91. The van der Waals surface area contributed by atoms with E-state index in [2.05, 4.69) is 0 Å². The first-order valence-electron chi connectivity index (χ1n) is 8.62. The van der Waals surface area contributed by atoms with Crippen LogP contribution in [0.15, 0.2) is 36.4 Å². The molecule has 0 radical (unpaired) electrons. The van der Waals surface area contributed by atoms with E-state index >= 15 is 0 Å². The molecule has 0 fully saturated rings. The topological polar surface area (TPSA) is 74.8 Å². The molecule has 144 valence electrons. The molecule has 28 heavy (non-hydrogen) atoms. The van der Waals surface area contributed by atoms with Gasteiger partial charge >= 0.3 is 0 Å². The van der Waals surface area contributed by atoms with Crippen molar-refractivity contribution < 1.29 is 19.2 Å². The van der Waals surface area contributed by atoms with Crippen molar-refractivity contribution in [3.05, 3.63) is 68.7 Å². The number of fused-ring (bicyclic) bond motifs is 2. The summed E-state index contributed by atoms with van der Waals surface area (Å²) in [6.45, 7) is 4.30. The number of carbonyl (C=O) groups excluding carboxylic acids is 4. The SMILES string of the molecule is CCN1C(=O)c2ccc(Cl)cc2C1=O.CCN1C(=O)c2cccc(Cl)c2C1=O. The Bertz CT molecular complexity index is 1010. The minimum Gasteiger partial charge on any atom is -0.275 e. The summed E-state index contributed by atoms with van der Waals surface area (Å²) in [4.78, 5) is 49.0. The highest BCUT2D eigenvalue weighted by Gasteiger charge is 2.36. The van der Waals surface area contributed by atoms with Crippen LogP contribution in [0.5, 0.6) is 0 Å². The summed E-state index contributed by atoms with van der Waals surface area (Å²) in [6, 6.07) is 9.65. The molecule has 2 aromatic rings. The average Bonchev–Trinajstić information content (AvgIpc) is 3.06. The first-order chi connectivity index (χ1) is 13.3. The molecule has 2 aliphatic heterocycles. The number of benzene rings is 2. The summed E-state index contributed by atoms with van der Waals surface area (Å²) in [7, 11) is 0. The lowest BCUT2D eigenvalue weighted by molar-refractivity contribution is 0.0647. The number of halogens is 2. The van der Waals surface area contributed by atoms with Crippen LogP contribution in [-0.2, 0) is 0 Å². The first kappa shape index (κ1) is 20.0. The fourth-order valence-electron chi connectivity index (χ4n) is 3.13. The van der Waals surface area contributed by atoms with Crippen molar-refractivity contribution in [2.45, 2.75) is 13.8 Å². The molecule has 2 heterocycles. The highest BCUT2D eigenvalue weighted by Crippen LogP contribution is 2.28. The van der Waals surface area contributed by atoms with E-state index in [0.717, 1.165) is 0 Å². The van der Waals surface area contributed by atoms with Gasteiger partial charge < -0.3 is 0 Å². The minimum atomic E-state index is -0.293. The third kappa shape index (κ3) is 3.19. The van der Waals surface area contributed by atoms with Gasteiger partial charge in [-0.15, -0.1) is 0 Å². The lowest BCUT2D eigenvalue weighted by Gasteiger charge is -2.08. The van der Waals surface area contributed by atoms with Crippen molar-refractivity contribution in [2.75, 3.05) is 13.1 Å². The Morgan fingerprint density at radius 2 is 1.29 bits per heavy atom. The van der Waals surface area contributed by atoms with Gasteiger partial charge in [-0.1, -0.05) is 29.3 Å². The van der Waals surface area contributed by atoms with Gasteiger partial charge in [0, 0.05) is 18.1 Å². The molecule has 2 aliphatic rings. The molecular formula is C20H16Cl2N2O4. The molecular weight excluding hydrogens is 403 g/mol. The van der Waals surface area contributed by atoms with E-state index in [1.807, 2.05) is 0 Å². The van der Waals surface area contributed by atoms with Gasteiger partial charge in [0.2, 0.25) is 0 Å². The summed E-state index contributed by atoms with van der Waals surface area (Å²) in [5.41, 5.74) is 1.59. The Labute approximate surface area is 171 Å². The number of nitrogens with zero attached hydrogens (tertiary/aromatic N) is 2. The molecule has 0 saturated carbocycles. The Morgan fingerprint density at radius 1 is 0.714 bits per heavy atom. The van der Waals surface area contributed by atoms with Gasteiger partial charge in [0.15, 0.2) is 0 Å². The molecule has 2 aromatic carbocycles. The normalized spacial score (nSPS) is 14.9. The quantitative estimate of drug-likeness (QED) is 0.692. The number of hydrogen-bond acceptors (Lipinski definition) is 4. The van der Waals surface area contributed by atoms with Crippen LogP contribution in [0.25, 0.3) is 0 Å². The Hall–Kier alpha value is -2.70. The predicted octanol–water partition coefficient (Wildman–Crippen LogP) is 3.91. The van der Waals surface area contributed by atoms with Crippen LogP contribution in [-0.4, -0.2) is 46.5 Å². The summed E-state index contributed by atoms with van der Waals surface area (Å²) >= 11 is 11.6. The van der Waals surface area contributed by atoms with Crippen LogP contribution < -0.4 is 0 Å². The zero-order valence-corrected chi connectivity index (χ0v) is 16.7. The molecule has 0 N–H and O–H groups in total. The van der Waals surface area contributed by atoms with Crippen LogP contribution in [0.1, 0.15) is 55.3 Å². The van der Waals surface area contributed by atoms with E-state index in [1.54, 1.807) is 44.2 Å². The molecule has 6 nitrogen and oxygen atoms in total. The Morgan fingerprint density at radius 3 is 1.89 bits per heavy atom. The zero-order valence-electron chi connectivity index (χ0n) is 15.2. The van der Waals surface area contributed by atoms with E-state index < -0.39 is 0 Å². The fourth-order valence-corrected chi connectivity index (χ4v) is 3.56. The molecule has 0 saturated heterocycles. The second-order valence-electron chi connectivity index (χ2n) is 6.06. The molecule has 0 aliphatic carbocycles. The van der Waals surface area contributed by atoms with E-state index in [1.165, 1.54) is 15.9 Å². The second kappa shape index (κ2) is 7.73.